The Hall–Kier alpha value is -4.49. The molecule has 19 nitrogen and oxygen atoms in total. The van der Waals surface area contributed by atoms with E-state index in [1.165, 1.54) is 28.1 Å². The summed E-state index contributed by atoms with van der Waals surface area (Å²) in [5.74, 6) is -2.95. The Morgan fingerprint density at radius 1 is 0.750 bits per heavy atom. The van der Waals surface area contributed by atoms with Gasteiger partial charge in [-0.3, -0.25) is 19.1 Å². The average molecular weight is 1080 g/mol. The zero-order chi connectivity index (χ0) is 54.5. The van der Waals surface area contributed by atoms with Gasteiger partial charge in [0.1, 0.15) is 23.6 Å². The van der Waals surface area contributed by atoms with Gasteiger partial charge < -0.3 is 63.6 Å². The highest BCUT2D eigenvalue weighted by molar-refractivity contribution is 6.01. The predicted octanol–water partition coefficient (Wildman–Crippen LogP) is 5.96. The van der Waals surface area contributed by atoms with Crippen LogP contribution in [0.25, 0.3) is 0 Å². The molecule has 1 saturated heterocycles. The number of hydrogen-bond acceptors (Lipinski definition) is 13. The van der Waals surface area contributed by atoms with Gasteiger partial charge in [0.05, 0.1) is 98.2 Å². The third kappa shape index (κ3) is 17.5. The van der Waals surface area contributed by atoms with Crippen molar-refractivity contribution in [1.29, 1.82) is 0 Å². The van der Waals surface area contributed by atoms with Gasteiger partial charge in [0.2, 0.25) is 11.8 Å². The van der Waals surface area contributed by atoms with Crippen LogP contribution >= 0.6 is 0 Å². The lowest BCUT2D eigenvalue weighted by Crippen LogP contribution is -2.60. The van der Waals surface area contributed by atoms with Crippen molar-refractivity contribution in [3.63, 3.8) is 0 Å². The molecule has 2 aromatic rings. The summed E-state index contributed by atoms with van der Waals surface area (Å²) in [7, 11) is 3.22. The number of hydrogen-bond donors (Lipinski definition) is 3. The van der Waals surface area contributed by atoms with Crippen molar-refractivity contribution in [3.8, 4) is 0 Å². The van der Waals surface area contributed by atoms with Crippen molar-refractivity contribution in [3.05, 3.63) is 47.5 Å². The van der Waals surface area contributed by atoms with Crippen LogP contribution in [0.5, 0.6) is 0 Å². The number of likely N-dealkylation sites (tertiary alicyclic amines) is 1. The van der Waals surface area contributed by atoms with E-state index < -0.39 is 72.2 Å². The maximum absolute atomic E-state index is 16.3. The lowest BCUT2D eigenvalue weighted by Gasteiger charge is -2.46. The molecule has 3 N–H and O–H groups in total. The number of nitrogens with one attached hydrogen (secondary N) is 3. The van der Waals surface area contributed by atoms with Crippen molar-refractivity contribution >= 4 is 29.4 Å². The number of nitrogens with zero attached hydrogens (tertiary/aromatic N) is 4. The molecule has 1 aromatic carbocycles. The lowest BCUT2D eigenvalue weighted by atomic mass is 9.62. The van der Waals surface area contributed by atoms with Gasteiger partial charge in [-0.05, 0) is 61.3 Å². The standard InChI is InChI=1S/C53H81F4N7O12/c1-5-64-44(16-19-58-64)48(65)60-47(45(38-8-6-9-38)39-10-7-11-39)49(66)59-43-15-12-40(36-42(43)54)37(2)46(61-51(68)62(3)41-13-14-41)50(67)63-20-17-52(18-21-63,53(55,56)57)76-35-34-75-33-32-74-31-30-73-29-28-72-27-26-71-25-24-70-23-22-69-4/h12,15-16,19,36-39,41,45-47H,5-11,13-14,17-18,20-35H2,1-4H3,(H,59,66)(H,60,65)(H,61,68)/t37-,46+,47-/m0/s1. The van der Waals surface area contributed by atoms with E-state index in [2.05, 4.69) is 21.0 Å². The number of urea groups is 1. The van der Waals surface area contributed by atoms with Crippen LogP contribution in [0.4, 0.5) is 28.0 Å². The molecule has 6 rings (SSSR count). The molecule has 1 aromatic heterocycles. The van der Waals surface area contributed by atoms with Crippen molar-refractivity contribution < 1.29 is 74.6 Å². The molecule has 76 heavy (non-hydrogen) atoms. The number of methoxy groups -OCH3 is 1. The molecule has 428 valence electrons. The Morgan fingerprint density at radius 3 is 1.74 bits per heavy atom. The second-order valence-corrected chi connectivity index (χ2v) is 20.1. The third-order valence-corrected chi connectivity index (χ3v) is 15.1. The summed E-state index contributed by atoms with van der Waals surface area (Å²) in [4.78, 5) is 58.7. The minimum Gasteiger partial charge on any atom is -0.382 e. The largest absolute Gasteiger partial charge is 0.417 e. The molecule has 0 spiro atoms. The van der Waals surface area contributed by atoms with Gasteiger partial charge in [0.15, 0.2) is 5.60 Å². The van der Waals surface area contributed by atoms with Gasteiger partial charge in [-0.15, -0.1) is 0 Å². The predicted molar refractivity (Wildman–Crippen MR) is 271 cm³/mol. The highest BCUT2D eigenvalue weighted by Gasteiger charge is 2.57. The second kappa shape index (κ2) is 30.6. The maximum Gasteiger partial charge on any atom is 0.417 e. The number of aromatic nitrogens is 2. The van der Waals surface area contributed by atoms with Crippen LogP contribution in [-0.2, 0) is 54.0 Å². The van der Waals surface area contributed by atoms with Gasteiger partial charge in [-0.25, -0.2) is 9.18 Å². The lowest BCUT2D eigenvalue weighted by molar-refractivity contribution is -0.292. The van der Waals surface area contributed by atoms with E-state index in [1.54, 1.807) is 37.9 Å². The number of anilines is 1. The Bertz CT molecular complexity index is 2090. The summed E-state index contributed by atoms with van der Waals surface area (Å²) in [5, 5.41) is 12.8. The van der Waals surface area contributed by atoms with E-state index in [4.69, 9.17) is 37.9 Å². The number of alkyl halides is 3. The monoisotopic (exact) mass is 1080 g/mol. The molecule has 3 aliphatic carbocycles. The molecule has 2 heterocycles. The van der Waals surface area contributed by atoms with Crippen LogP contribution in [0.1, 0.15) is 100 Å². The Labute approximate surface area is 444 Å². The van der Waals surface area contributed by atoms with Gasteiger partial charge in [-0.2, -0.15) is 18.3 Å². The van der Waals surface area contributed by atoms with Crippen molar-refractivity contribution in [2.75, 3.05) is 125 Å². The van der Waals surface area contributed by atoms with Gasteiger partial charge in [0.25, 0.3) is 5.91 Å². The minimum atomic E-state index is -4.76. The number of aryl methyl sites for hydroxylation is 1. The summed E-state index contributed by atoms with van der Waals surface area (Å²) < 4.78 is 105. The molecule has 4 fully saturated rings. The number of halogens is 4. The Balaban J connectivity index is 0.983. The third-order valence-electron chi connectivity index (χ3n) is 15.1. The smallest absolute Gasteiger partial charge is 0.382 e. The molecule has 0 radical (unpaired) electrons. The summed E-state index contributed by atoms with van der Waals surface area (Å²) in [6, 6.07) is 2.92. The maximum atomic E-state index is 16.3. The molecule has 0 bridgehead atoms. The highest BCUT2D eigenvalue weighted by atomic mass is 19.4. The average Bonchev–Trinajstić information content (AvgIpc) is 4.11. The first-order valence-electron chi connectivity index (χ1n) is 27.1. The summed E-state index contributed by atoms with van der Waals surface area (Å²) in [6.45, 7) is 7.43. The summed E-state index contributed by atoms with van der Waals surface area (Å²) in [5.41, 5.74) is -2.04. The number of amides is 5. The van der Waals surface area contributed by atoms with E-state index in [1.807, 2.05) is 6.92 Å². The Morgan fingerprint density at radius 2 is 1.28 bits per heavy atom. The van der Waals surface area contributed by atoms with E-state index >= 15 is 4.39 Å². The molecule has 1 aliphatic heterocycles. The van der Waals surface area contributed by atoms with Gasteiger partial charge >= 0.3 is 12.2 Å². The van der Waals surface area contributed by atoms with Crippen LogP contribution < -0.4 is 16.0 Å². The number of rotatable bonds is 35. The number of ether oxygens (including phenoxy) is 8. The van der Waals surface area contributed by atoms with Crippen molar-refractivity contribution in [2.45, 2.75) is 120 Å². The molecule has 3 saturated carbocycles. The van der Waals surface area contributed by atoms with Crippen molar-refractivity contribution in [1.82, 2.24) is 30.2 Å². The minimum absolute atomic E-state index is 0.0190. The summed E-state index contributed by atoms with van der Waals surface area (Å²) in [6.07, 6.45) is 3.05. The highest BCUT2D eigenvalue weighted by Crippen LogP contribution is 2.47. The van der Waals surface area contributed by atoms with Crippen molar-refractivity contribution in [2.24, 2.45) is 17.8 Å². The second-order valence-electron chi connectivity index (χ2n) is 20.1. The SMILES string of the molecule is CCn1nccc1C(=O)N[C@H](C(=O)Nc1ccc([C@H](C)[C@@H](NC(=O)N(C)C2CC2)C(=O)N2CCC(OCCOCCOCCOCCOCCOCCOCCOC)(C(F)(F)F)CC2)cc1F)C(C1CCC1)C1CCC1. The molecular weight excluding hydrogens is 1000 g/mol. The van der Waals surface area contributed by atoms with Gasteiger partial charge in [0, 0.05) is 64.8 Å². The molecule has 5 amide bonds. The normalized spacial score (nSPS) is 18.1. The van der Waals surface area contributed by atoms with Crippen LogP contribution in [0, 0.1) is 23.6 Å². The van der Waals surface area contributed by atoms with Crippen LogP contribution in [-0.4, -0.2) is 193 Å². The first kappa shape index (κ1) is 60.7. The number of carbonyl (C=O) groups is 4. The molecule has 23 heteroatoms. The van der Waals surface area contributed by atoms with Crippen LogP contribution in [0.3, 0.4) is 0 Å². The van der Waals surface area contributed by atoms with E-state index in [9.17, 15) is 32.3 Å². The quantitative estimate of drug-likeness (QED) is 0.0540. The van der Waals surface area contributed by atoms with Crippen LogP contribution in [0.2, 0.25) is 0 Å². The first-order chi connectivity index (χ1) is 36.7. The molecule has 4 aliphatic rings. The fourth-order valence-corrected chi connectivity index (χ4v) is 9.92. The van der Waals surface area contributed by atoms with E-state index in [-0.39, 0.29) is 69.0 Å². The zero-order valence-electron chi connectivity index (χ0n) is 44.7. The first-order valence-corrected chi connectivity index (χ1v) is 27.1. The molecule has 0 unspecified atom stereocenters. The van der Waals surface area contributed by atoms with E-state index in [0.29, 0.717) is 83.9 Å². The van der Waals surface area contributed by atoms with Gasteiger partial charge in [-0.1, -0.05) is 51.5 Å². The number of benzene rings is 1. The fraction of sp³-hybridized carbons (Fsp3) is 0.755. The topological polar surface area (TPSA) is 203 Å². The fourth-order valence-electron chi connectivity index (χ4n) is 9.92. The number of piperidine rings is 1. The van der Waals surface area contributed by atoms with Crippen LogP contribution in [0.15, 0.2) is 30.5 Å². The summed E-state index contributed by atoms with van der Waals surface area (Å²) >= 11 is 0. The molecule has 3 atom stereocenters. The Kier molecular flexibility index (Phi) is 24.5. The molecular formula is C53H81F4N7O12. The number of carbonyl (C=O) groups excluding carboxylic acids is 4. The van der Waals surface area contributed by atoms with E-state index in [0.717, 1.165) is 51.4 Å². The zero-order valence-corrected chi connectivity index (χ0v) is 44.7.